The Morgan fingerprint density at radius 3 is 2.33 bits per heavy atom. The van der Waals surface area contributed by atoms with Crippen molar-refractivity contribution in [3.05, 3.63) is 78.0 Å². The third-order valence-corrected chi connectivity index (χ3v) is 7.75. The molecular formula is C31H34F3N5O5S. The summed E-state index contributed by atoms with van der Waals surface area (Å²) in [6, 6.07) is 18.2. The summed E-state index contributed by atoms with van der Waals surface area (Å²) in [5, 5.41) is 30.5. The predicted octanol–water partition coefficient (Wildman–Crippen LogP) is 3.85. The van der Waals surface area contributed by atoms with Crippen LogP contribution in [0, 0.1) is 11.8 Å². The molecule has 4 aromatic rings. The SMILES string of the molecule is COc1cc(S(N)(=O)=O)ccc1NCC#Cc1cc2c(Nc3ccc(CN(CCO)CCO)cc3)cccc2n1CC(F)(F)F. The van der Waals surface area contributed by atoms with Crippen LogP contribution in [0.1, 0.15) is 11.3 Å². The molecule has 14 heteroatoms. The Balaban J connectivity index is 1.57. The molecule has 0 spiro atoms. The summed E-state index contributed by atoms with van der Waals surface area (Å²) in [6.07, 6.45) is -4.49. The molecule has 0 radical (unpaired) electrons. The van der Waals surface area contributed by atoms with Crippen LogP contribution in [0.3, 0.4) is 0 Å². The molecule has 45 heavy (non-hydrogen) atoms. The Labute approximate surface area is 259 Å². The topological polar surface area (TPSA) is 142 Å². The number of rotatable bonds is 13. The van der Waals surface area contributed by atoms with E-state index in [-0.39, 0.29) is 36.1 Å². The van der Waals surface area contributed by atoms with Crippen molar-refractivity contribution in [2.75, 3.05) is 50.6 Å². The van der Waals surface area contributed by atoms with Gasteiger partial charge in [0.2, 0.25) is 10.0 Å². The van der Waals surface area contributed by atoms with Crippen molar-refractivity contribution in [3.8, 4) is 17.6 Å². The molecule has 240 valence electrons. The van der Waals surface area contributed by atoms with Crippen molar-refractivity contribution in [1.29, 1.82) is 0 Å². The van der Waals surface area contributed by atoms with Gasteiger partial charge in [-0.05, 0) is 53.9 Å². The molecule has 0 aliphatic carbocycles. The van der Waals surface area contributed by atoms with Gasteiger partial charge in [0.25, 0.3) is 0 Å². The second kappa shape index (κ2) is 14.7. The lowest BCUT2D eigenvalue weighted by Gasteiger charge is -2.20. The van der Waals surface area contributed by atoms with Crippen LogP contribution in [0.4, 0.5) is 30.2 Å². The van der Waals surface area contributed by atoms with Gasteiger partial charge in [-0.15, -0.1) is 0 Å². The zero-order valence-corrected chi connectivity index (χ0v) is 25.3. The number of hydrogen-bond acceptors (Lipinski definition) is 8. The minimum absolute atomic E-state index is 0.0213. The van der Waals surface area contributed by atoms with Gasteiger partial charge in [-0.25, -0.2) is 13.6 Å². The molecule has 0 bridgehead atoms. The van der Waals surface area contributed by atoms with E-state index in [1.165, 1.54) is 25.3 Å². The second-order valence-corrected chi connectivity index (χ2v) is 11.6. The number of anilines is 3. The van der Waals surface area contributed by atoms with Crippen LogP contribution < -0.4 is 20.5 Å². The number of aliphatic hydroxyl groups is 2. The number of nitrogens with two attached hydrogens (primary N) is 1. The fourth-order valence-electron chi connectivity index (χ4n) is 4.78. The molecule has 1 heterocycles. The molecule has 0 aliphatic heterocycles. The smallest absolute Gasteiger partial charge is 0.406 e. The highest BCUT2D eigenvalue weighted by Crippen LogP contribution is 2.32. The zero-order chi connectivity index (χ0) is 32.6. The Kier molecular flexibility index (Phi) is 11.0. The lowest BCUT2D eigenvalue weighted by molar-refractivity contribution is -0.140. The standard InChI is InChI=1S/C31H34F3N5O5S/c1-44-30-19-25(45(35,42)43)11-12-28(30)36-13-3-4-24-18-26-27(5-2-6-29(26)39(24)21-31(32,33)34)37-23-9-7-22(8-10-23)20-38(14-16-40)15-17-41/h2,5-12,18-19,36-37,40-41H,13-17,20-21H2,1H3,(H2,35,42,43). The second-order valence-electron chi connectivity index (χ2n) is 10.1. The van der Waals surface area contributed by atoms with E-state index in [1.54, 1.807) is 24.3 Å². The average molecular weight is 646 g/mol. The van der Waals surface area contributed by atoms with Crippen LogP contribution in [0.15, 0.2) is 71.6 Å². The molecule has 10 nitrogen and oxygen atoms in total. The number of benzene rings is 3. The fraction of sp³-hybridized carbons (Fsp3) is 0.290. The van der Waals surface area contributed by atoms with E-state index in [1.807, 2.05) is 29.2 Å². The monoisotopic (exact) mass is 645 g/mol. The number of primary sulfonamides is 1. The van der Waals surface area contributed by atoms with E-state index in [0.717, 1.165) is 15.8 Å². The molecule has 0 aliphatic rings. The largest absolute Gasteiger partial charge is 0.495 e. The Bertz CT molecular complexity index is 1780. The highest BCUT2D eigenvalue weighted by Gasteiger charge is 2.30. The number of alkyl halides is 3. The normalized spacial score (nSPS) is 11.8. The number of aliphatic hydroxyl groups excluding tert-OH is 2. The summed E-state index contributed by atoms with van der Waals surface area (Å²) >= 11 is 0. The van der Waals surface area contributed by atoms with Crippen molar-refractivity contribution in [3.63, 3.8) is 0 Å². The van der Waals surface area contributed by atoms with Crippen molar-refractivity contribution >= 4 is 38.0 Å². The molecule has 0 saturated heterocycles. The van der Waals surface area contributed by atoms with Crippen LogP contribution in [0.5, 0.6) is 5.75 Å². The maximum atomic E-state index is 13.6. The lowest BCUT2D eigenvalue weighted by Crippen LogP contribution is -2.29. The molecule has 4 rings (SSSR count). The van der Waals surface area contributed by atoms with E-state index < -0.39 is 22.7 Å². The van der Waals surface area contributed by atoms with Gasteiger partial charge in [0, 0.05) is 42.5 Å². The van der Waals surface area contributed by atoms with Crippen molar-refractivity contribution in [2.45, 2.75) is 24.2 Å². The van der Waals surface area contributed by atoms with Gasteiger partial charge in [-0.2, -0.15) is 13.2 Å². The summed E-state index contributed by atoms with van der Waals surface area (Å²) in [5.74, 6) is 5.88. The first-order valence-electron chi connectivity index (χ1n) is 13.8. The Morgan fingerprint density at radius 1 is 1.00 bits per heavy atom. The van der Waals surface area contributed by atoms with Crippen LogP contribution >= 0.6 is 0 Å². The molecule has 0 saturated carbocycles. The minimum atomic E-state index is -4.49. The molecular weight excluding hydrogens is 611 g/mol. The molecule has 0 fully saturated rings. The number of sulfonamides is 1. The maximum Gasteiger partial charge on any atom is 0.406 e. The molecule has 1 aromatic heterocycles. The van der Waals surface area contributed by atoms with Gasteiger partial charge < -0.3 is 30.2 Å². The molecule has 0 atom stereocenters. The van der Waals surface area contributed by atoms with Crippen molar-refractivity contribution in [2.24, 2.45) is 5.14 Å². The van der Waals surface area contributed by atoms with Crippen LogP contribution in [0.2, 0.25) is 0 Å². The third kappa shape index (κ3) is 9.13. The van der Waals surface area contributed by atoms with Crippen LogP contribution in [0.25, 0.3) is 10.9 Å². The number of halogens is 3. The van der Waals surface area contributed by atoms with Gasteiger partial charge in [0.1, 0.15) is 12.3 Å². The summed E-state index contributed by atoms with van der Waals surface area (Å²) in [7, 11) is -2.57. The number of fused-ring (bicyclic) bond motifs is 1. The summed E-state index contributed by atoms with van der Waals surface area (Å²) in [5.41, 5.74) is 3.26. The van der Waals surface area contributed by atoms with E-state index in [2.05, 4.69) is 22.5 Å². The van der Waals surface area contributed by atoms with E-state index in [9.17, 15) is 31.8 Å². The molecule has 0 unspecified atom stereocenters. The Morgan fingerprint density at radius 2 is 1.71 bits per heavy atom. The van der Waals surface area contributed by atoms with Gasteiger partial charge in [0.15, 0.2) is 0 Å². The number of nitrogens with one attached hydrogen (secondary N) is 2. The molecule has 3 aromatic carbocycles. The zero-order valence-electron chi connectivity index (χ0n) is 24.4. The van der Waals surface area contributed by atoms with Crippen LogP contribution in [-0.2, 0) is 23.1 Å². The fourth-order valence-corrected chi connectivity index (χ4v) is 5.30. The number of nitrogens with zero attached hydrogens (tertiary/aromatic N) is 2. The summed E-state index contributed by atoms with van der Waals surface area (Å²) in [4.78, 5) is 1.79. The Hall–Kier alpha value is -4.26. The van der Waals surface area contributed by atoms with Crippen molar-refractivity contribution < 1.29 is 36.5 Å². The van der Waals surface area contributed by atoms with Crippen molar-refractivity contribution in [1.82, 2.24) is 9.47 Å². The number of hydrogen-bond donors (Lipinski definition) is 5. The molecule has 6 N–H and O–H groups in total. The van der Waals surface area contributed by atoms with Gasteiger partial charge in [-0.3, -0.25) is 4.90 Å². The number of ether oxygens (including phenoxy) is 1. The minimum Gasteiger partial charge on any atom is -0.495 e. The summed E-state index contributed by atoms with van der Waals surface area (Å²) in [6.45, 7) is 0.167. The van der Waals surface area contributed by atoms with Gasteiger partial charge in [-0.1, -0.05) is 24.1 Å². The van der Waals surface area contributed by atoms with Gasteiger partial charge in [0.05, 0.1) is 48.7 Å². The van der Waals surface area contributed by atoms with Crippen LogP contribution in [-0.4, -0.2) is 74.2 Å². The average Bonchev–Trinajstić information content (AvgIpc) is 3.32. The number of aromatic nitrogens is 1. The van der Waals surface area contributed by atoms with E-state index >= 15 is 0 Å². The predicted molar refractivity (Wildman–Crippen MR) is 167 cm³/mol. The number of methoxy groups -OCH3 is 1. The highest BCUT2D eigenvalue weighted by atomic mass is 32.2. The third-order valence-electron chi connectivity index (χ3n) is 6.84. The highest BCUT2D eigenvalue weighted by molar-refractivity contribution is 7.89. The summed E-state index contributed by atoms with van der Waals surface area (Å²) < 4.78 is 70.4. The maximum absolute atomic E-state index is 13.6. The first-order valence-corrected chi connectivity index (χ1v) is 15.4. The first kappa shape index (κ1) is 33.6. The quantitative estimate of drug-likeness (QED) is 0.138. The van der Waals surface area contributed by atoms with E-state index in [4.69, 9.17) is 9.88 Å². The molecule has 0 amide bonds. The lowest BCUT2D eigenvalue weighted by atomic mass is 10.1. The first-order chi connectivity index (χ1) is 21.4. The van der Waals surface area contributed by atoms with E-state index in [0.29, 0.717) is 41.9 Å². The van der Waals surface area contributed by atoms with Gasteiger partial charge >= 0.3 is 6.18 Å².